The summed E-state index contributed by atoms with van der Waals surface area (Å²) in [6.45, 7) is 1.70. The van der Waals surface area contributed by atoms with Gasteiger partial charge in [0.25, 0.3) is 5.91 Å². The molecule has 1 saturated heterocycles. The summed E-state index contributed by atoms with van der Waals surface area (Å²) < 4.78 is 54.5. The molecule has 1 fully saturated rings. The van der Waals surface area contributed by atoms with Crippen molar-refractivity contribution in [3.8, 4) is 0 Å². The Labute approximate surface area is 139 Å². The van der Waals surface area contributed by atoms with E-state index in [0.717, 1.165) is 24.3 Å². The molecule has 1 unspecified atom stereocenters. The fourth-order valence-corrected chi connectivity index (χ4v) is 2.58. The number of aryl methyl sites for hydroxylation is 1. The summed E-state index contributed by atoms with van der Waals surface area (Å²) in [5.74, 6) is -2.55. The molecule has 1 aromatic carbocycles. The molecule has 9 heteroatoms. The maximum absolute atomic E-state index is 13.8. The van der Waals surface area contributed by atoms with Crippen molar-refractivity contribution < 1.29 is 27.2 Å². The second-order valence-electron chi connectivity index (χ2n) is 5.52. The number of benzene rings is 1. The molecule has 1 aromatic heterocycles. The first-order chi connectivity index (χ1) is 11.7. The molecular formula is C16H11F4N3O2. The van der Waals surface area contributed by atoms with Crippen molar-refractivity contribution in [2.75, 3.05) is 4.90 Å². The Balaban J connectivity index is 2.15. The molecular weight excluding hydrogens is 342 g/mol. The molecule has 130 valence electrons. The number of urea groups is 1. The molecule has 2 aromatic rings. The lowest BCUT2D eigenvalue weighted by Gasteiger charge is -2.29. The molecule has 0 aliphatic carbocycles. The van der Waals surface area contributed by atoms with Crippen LogP contribution in [-0.2, 0) is 10.3 Å². The summed E-state index contributed by atoms with van der Waals surface area (Å²) in [6.07, 6.45) is -3.82. The van der Waals surface area contributed by atoms with Crippen molar-refractivity contribution in [2.24, 2.45) is 0 Å². The predicted octanol–water partition coefficient (Wildman–Crippen LogP) is 3.04. The van der Waals surface area contributed by atoms with Crippen LogP contribution in [0.5, 0.6) is 0 Å². The van der Waals surface area contributed by atoms with Gasteiger partial charge >= 0.3 is 12.2 Å². The molecule has 1 N–H and O–H groups in total. The Morgan fingerprint density at radius 3 is 2.24 bits per heavy atom. The van der Waals surface area contributed by atoms with Crippen molar-refractivity contribution in [3.05, 3.63) is 59.5 Å². The lowest BCUT2D eigenvalue weighted by atomic mass is 9.89. The van der Waals surface area contributed by atoms with E-state index in [4.69, 9.17) is 0 Å². The summed E-state index contributed by atoms with van der Waals surface area (Å²) in [7, 11) is 0. The number of rotatable bonds is 2. The van der Waals surface area contributed by atoms with Crippen LogP contribution in [0.15, 0.2) is 42.6 Å². The van der Waals surface area contributed by atoms with E-state index >= 15 is 0 Å². The van der Waals surface area contributed by atoms with Gasteiger partial charge in [0, 0.05) is 6.20 Å². The SMILES string of the molecule is Cc1ccc(N2C(=O)NC(c3ccc(F)cc3)(C(F)(F)F)C2=O)nc1. The first-order valence-electron chi connectivity index (χ1n) is 7.09. The molecule has 1 atom stereocenters. The van der Waals surface area contributed by atoms with Crippen LogP contribution in [0.3, 0.4) is 0 Å². The average Bonchev–Trinajstić information content (AvgIpc) is 2.81. The van der Waals surface area contributed by atoms with E-state index < -0.39 is 35.0 Å². The van der Waals surface area contributed by atoms with E-state index in [1.807, 2.05) is 0 Å². The number of aromatic nitrogens is 1. The number of halogens is 4. The van der Waals surface area contributed by atoms with Crippen LogP contribution in [0, 0.1) is 12.7 Å². The van der Waals surface area contributed by atoms with E-state index in [1.54, 1.807) is 12.2 Å². The van der Waals surface area contributed by atoms with Crippen molar-refractivity contribution >= 4 is 17.8 Å². The molecule has 3 rings (SSSR count). The maximum atomic E-state index is 13.8. The van der Waals surface area contributed by atoms with Crippen LogP contribution < -0.4 is 10.2 Å². The van der Waals surface area contributed by atoms with Gasteiger partial charge in [-0.25, -0.2) is 19.1 Å². The molecule has 2 heterocycles. The van der Waals surface area contributed by atoms with Gasteiger partial charge < -0.3 is 5.32 Å². The number of nitrogens with one attached hydrogen (secondary N) is 1. The largest absolute Gasteiger partial charge is 0.425 e. The molecule has 0 spiro atoms. The number of carbonyl (C=O) groups is 2. The molecule has 0 radical (unpaired) electrons. The minimum atomic E-state index is -5.14. The van der Waals surface area contributed by atoms with Crippen molar-refractivity contribution in [2.45, 2.75) is 18.6 Å². The number of pyridine rings is 1. The lowest BCUT2D eigenvalue weighted by Crippen LogP contribution is -2.55. The predicted molar refractivity (Wildman–Crippen MR) is 79.1 cm³/mol. The molecule has 1 aliphatic heterocycles. The van der Waals surface area contributed by atoms with Gasteiger partial charge in [-0.05, 0) is 36.2 Å². The van der Waals surface area contributed by atoms with Crippen molar-refractivity contribution in [3.63, 3.8) is 0 Å². The van der Waals surface area contributed by atoms with Crippen molar-refractivity contribution in [1.82, 2.24) is 10.3 Å². The second-order valence-corrected chi connectivity index (χ2v) is 5.52. The van der Waals surface area contributed by atoms with Gasteiger partial charge in [0.15, 0.2) is 0 Å². The third-order valence-corrected chi connectivity index (χ3v) is 3.85. The zero-order valence-corrected chi connectivity index (χ0v) is 12.8. The van der Waals surface area contributed by atoms with Gasteiger partial charge in [0.2, 0.25) is 5.54 Å². The smallest absolute Gasteiger partial charge is 0.311 e. The van der Waals surface area contributed by atoms with Crippen molar-refractivity contribution in [1.29, 1.82) is 0 Å². The van der Waals surface area contributed by atoms with Crippen LogP contribution >= 0.6 is 0 Å². The first kappa shape index (κ1) is 16.9. The van der Waals surface area contributed by atoms with E-state index in [-0.39, 0.29) is 5.82 Å². The summed E-state index contributed by atoms with van der Waals surface area (Å²) in [5, 5.41) is 1.71. The molecule has 0 bridgehead atoms. The van der Waals surface area contributed by atoms with Crippen LogP contribution in [0.25, 0.3) is 0 Å². The first-order valence-corrected chi connectivity index (χ1v) is 7.09. The average molecular weight is 353 g/mol. The minimum absolute atomic E-state index is 0.235. The van der Waals surface area contributed by atoms with Crippen LogP contribution in [-0.4, -0.2) is 23.1 Å². The van der Waals surface area contributed by atoms with E-state index in [2.05, 4.69) is 4.98 Å². The Kier molecular flexibility index (Phi) is 3.74. The molecule has 25 heavy (non-hydrogen) atoms. The second kappa shape index (κ2) is 5.54. The number of anilines is 1. The van der Waals surface area contributed by atoms with Gasteiger partial charge in [0.1, 0.15) is 11.6 Å². The summed E-state index contributed by atoms with van der Waals surface area (Å²) in [5.41, 5.74) is -3.18. The highest BCUT2D eigenvalue weighted by molar-refractivity contribution is 6.23. The Morgan fingerprint density at radius 2 is 1.72 bits per heavy atom. The standard InChI is InChI=1S/C16H11F4N3O2/c1-9-2-7-12(21-8-9)23-13(24)15(16(18,19)20,22-14(23)25)10-3-5-11(17)6-4-10/h2-8H,1H3,(H,22,25). The highest BCUT2D eigenvalue weighted by Gasteiger charge is 2.69. The Bertz CT molecular complexity index is 834. The third-order valence-electron chi connectivity index (χ3n) is 3.85. The monoisotopic (exact) mass is 353 g/mol. The van der Waals surface area contributed by atoms with E-state index in [9.17, 15) is 27.2 Å². The minimum Gasteiger partial charge on any atom is -0.311 e. The normalized spacial score (nSPS) is 20.8. The number of nitrogens with zero attached hydrogens (tertiary/aromatic N) is 2. The summed E-state index contributed by atoms with van der Waals surface area (Å²) in [4.78, 5) is 29.0. The summed E-state index contributed by atoms with van der Waals surface area (Å²) >= 11 is 0. The number of carbonyl (C=O) groups excluding carboxylic acids is 2. The summed E-state index contributed by atoms with van der Waals surface area (Å²) in [6, 6.07) is 4.71. The molecule has 0 saturated carbocycles. The van der Waals surface area contributed by atoms with Crippen LogP contribution in [0.1, 0.15) is 11.1 Å². The fourth-order valence-electron chi connectivity index (χ4n) is 2.58. The number of imide groups is 1. The zero-order chi connectivity index (χ0) is 18.4. The van der Waals surface area contributed by atoms with Crippen LogP contribution in [0.2, 0.25) is 0 Å². The Morgan fingerprint density at radius 1 is 1.08 bits per heavy atom. The highest BCUT2D eigenvalue weighted by Crippen LogP contribution is 2.44. The Hall–Kier alpha value is -2.97. The lowest BCUT2D eigenvalue weighted by molar-refractivity contribution is -0.195. The number of hydrogen-bond donors (Lipinski definition) is 1. The highest BCUT2D eigenvalue weighted by atomic mass is 19.4. The van der Waals surface area contributed by atoms with Gasteiger partial charge in [0.05, 0.1) is 0 Å². The van der Waals surface area contributed by atoms with Crippen LogP contribution in [0.4, 0.5) is 28.2 Å². The van der Waals surface area contributed by atoms with E-state index in [1.165, 1.54) is 18.3 Å². The third kappa shape index (κ3) is 2.51. The molecule has 1 aliphatic rings. The number of hydrogen-bond acceptors (Lipinski definition) is 3. The quantitative estimate of drug-likeness (QED) is 0.667. The number of amides is 3. The molecule has 3 amide bonds. The zero-order valence-electron chi connectivity index (χ0n) is 12.8. The maximum Gasteiger partial charge on any atom is 0.425 e. The van der Waals surface area contributed by atoms with Gasteiger partial charge in [-0.1, -0.05) is 18.2 Å². The van der Waals surface area contributed by atoms with Gasteiger partial charge in [-0.15, -0.1) is 0 Å². The van der Waals surface area contributed by atoms with Gasteiger partial charge in [-0.2, -0.15) is 13.2 Å². The molecule has 5 nitrogen and oxygen atoms in total. The van der Waals surface area contributed by atoms with Gasteiger partial charge in [-0.3, -0.25) is 4.79 Å². The van der Waals surface area contributed by atoms with E-state index in [0.29, 0.717) is 10.5 Å². The fraction of sp³-hybridized carbons (Fsp3) is 0.188. The number of alkyl halides is 3. The topological polar surface area (TPSA) is 62.3 Å².